The molecule has 140 valence electrons. The van der Waals surface area contributed by atoms with Crippen LogP contribution in [-0.4, -0.2) is 53.0 Å². The Morgan fingerprint density at radius 2 is 1.89 bits per heavy atom. The first kappa shape index (κ1) is 17.6. The molecule has 7 heteroatoms. The van der Waals surface area contributed by atoms with Crippen LogP contribution >= 0.6 is 0 Å². The second-order valence-electron chi connectivity index (χ2n) is 7.15. The maximum atomic E-state index is 13.1. The summed E-state index contributed by atoms with van der Waals surface area (Å²) in [5.41, 5.74) is 0.345. The number of hydrogen-bond donors (Lipinski definition) is 1. The van der Waals surface area contributed by atoms with Crippen LogP contribution in [0.4, 0.5) is 5.82 Å². The molecule has 1 spiro atoms. The van der Waals surface area contributed by atoms with Crippen LogP contribution in [0.5, 0.6) is 0 Å². The van der Waals surface area contributed by atoms with Crippen molar-refractivity contribution in [1.29, 1.82) is 0 Å². The molecule has 0 aromatic carbocycles. The summed E-state index contributed by atoms with van der Waals surface area (Å²) < 4.78 is 5.53. The van der Waals surface area contributed by atoms with Crippen LogP contribution in [0.15, 0.2) is 48.9 Å². The number of likely N-dealkylation sites (tertiary alicyclic amines) is 1. The average Bonchev–Trinajstić information content (AvgIpc) is 3.08. The Morgan fingerprint density at radius 1 is 1.11 bits per heavy atom. The maximum Gasteiger partial charge on any atom is 0.254 e. The lowest BCUT2D eigenvalue weighted by atomic mass is 9.72. The molecule has 1 atom stereocenters. The fourth-order valence-electron chi connectivity index (χ4n) is 4.10. The molecule has 2 amide bonds. The zero-order chi connectivity index (χ0) is 18.7. The van der Waals surface area contributed by atoms with Gasteiger partial charge in [-0.25, -0.2) is 4.98 Å². The van der Waals surface area contributed by atoms with Crippen molar-refractivity contribution in [2.45, 2.75) is 12.8 Å². The molecule has 4 heterocycles. The molecule has 7 nitrogen and oxygen atoms in total. The lowest BCUT2D eigenvalue weighted by Gasteiger charge is -2.37. The monoisotopic (exact) mass is 366 g/mol. The van der Waals surface area contributed by atoms with Gasteiger partial charge in [0.15, 0.2) is 0 Å². The predicted octanol–water partition coefficient (Wildman–Crippen LogP) is 1.98. The molecule has 2 aromatic heterocycles. The van der Waals surface area contributed by atoms with Gasteiger partial charge in [-0.2, -0.15) is 0 Å². The molecule has 2 aliphatic heterocycles. The van der Waals surface area contributed by atoms with Crippen LogP contribution < -0.4 is 5.32 Å². The van der Waals surface area contributed by atoms with Crippen LogP contribution in [0.2, 0.25) is 0 Å². The smallest absolute Gasteiger partial charge is 0.254 e. The highest BCUT2D eigenvalue weighted by Gasteiger charge is 2.51. The van der Waals surface area contributed by atoms with Crippen molar-refractivity contribution in [2.75, 3.05) is 31.6 Å². The number of rotatable bonds is 3. The number of nitrogens with zero attached hydrogens (tertiary/aromatic N) is 3. The van der Waals surface area contributed by atoms with E-state index in [0.29, 0.717) is 37.7 Å². The van der Waals surface area contributed by atoms with Crippen molar-refractivity contribution in [2.24, 2.45) is 11.3 Å². The molecule has 27 heavy (non-hydrogen) atoms. The number of hydrogen-bond acceptors (Lipinski definition) is 5. The standard InChI is InChI=1S/C20H22N4O3/c25-18(23-17-3-1-2-8-22-17)16-13-24(14-20(16)6-11-27-12-7-20)19(26)15-4-9-21-10-5-15/h1-5,8-10,16H,6-7,11-14H2,(H,22,23,25). The summed E-state index contributed by atoms with van der Waals surface area (Å²) in [5.74, 6) is 0.106. The molecular formula is C20H22N4O3. The zero-order valence-corrected chi connectivity index (χ0v) is 15.0. The van der Waals surface area contributed by atoms with Gasteiger partial charge in [0.1, 0.15) is 5.82 Å². The van der Waals surface area contributed by atoms with Crippen LogP contribution in [0.1, 0.15) is 23.2 Å². The lowest BCUT2D eigenvalue weighted by molar-refractivity contribution is -0.124. The van der Waals surface area contributed by atoms with E-state index in [0.717, 1.165) is 12.8 Å². The molecular weight excluding hydrogens is 344 g/mol. The summed E-state index contributed by atoms with van der Waals surface area (Å²) >= 11 is 0. The fraction of sp³-hybridized carbons (Fsp3) is 0.400. The Balaban J connectivity index is 1.56. The quantitative estimate of drug-likeness (QED) is 0.898. The average molecular weight is 366 g/mol. The number of carbonyl (C=O) groups is 2. The first-order valence-corrected chi connectivity index (χ1v) is 9.17. The summed E-state index contributed by atoms with van der Waals surface area (Å²) in [5, 5.41) is 2.92. The number of amides is 2. The van der Waals surface area contributed by atoms with Gasteiger partial charge in [-0.1, -0.05) is 6.07 Å². The summed E-state index contributed by atoms with van der Waals surface area (Å²) in [6, 6.07) is 8.82. The van der Waals surface area contributed by atoms with Crippen LogP contribution in [0.3, 0.4) is 0 Å². The van der Waals surface area contributed by atoms with Crippen LogP contribution in [-0.2, 0) is 9.53 Å². The number of ether oxygens (including phenoxy) is 1. The molecule has 0 aliphatic carbocycles. The SMILES string of the molecule is O=C(Nc1ccccn1)C1CN(C(=O)c2ccncc2)CC12CCOCC2. The maximum absolute atomic E-state index is 13.1. The molecule has 0 saturated carbocycles. The highest BCUT2D eigenvalue weighted by molar-refractivity contribution is 5.97. The van der Waals surface area contributed by atoms with Crippen LogP contribution in [0, 0.1) is 11.3 Å². The van der Waals surface area contributed by atoms with E-state index in [9.17, 15) is 9.59 Å². The van der Waals surface area contributed by atoms with Gasteiger partial charge < -0.3 is 15.0 Å². The summed E-state index contributed by atoms with van der Waals surface area (Å²) in [6.07, 6.45) is 6.41. The highest BCUT2D eigenvalue weighted by atomic mass is 16.5. The van der Waals surface area contributed by atoms with E-state index >= 15 is 0 Å². The first-order chi connectivity index (χ1) is 13.2. The van der Waals surface area contributed by atoms with E-state index in [2.05, 4.69) is 15.3 Å². The third-order valence-electron chi connectivity index (χ3n) is 5.58. The zero-order valence-electron chi connectivity index (χ0n) is 15.0. The number of carbonyl (C=O) groups excluding carboxylic acids is 2. The van der Waals surface area contributed by atoms with Gasteiger partial charge in [0, 0.05) is 55.9 Å². The third-order valence-corrected chi connectivity index (χ3v) is 5.58. The van der Waals surface area contributed by atoms with E-state index in [1.54, 1.807) is 47.8 Å². The Morgan fingerprint density at radius 3 is 2.59 bits per heavy atom. The molecule has 2 saturated heterocycles. The summed E-state index contributed by atoms with van der Waals surface area (Å²) in [6.45, 7) is 2.20. The Bertz CT molecular complexity index is 806. The second-order valence-corrected chi connectivity index (χ2v) is 7.15. The Hall–Kier alpha value is -2.80. The Kier molecular flexibility index (Phi) is 4.85. The van der Waals surface area contributed by atoms with Crippen molar-refractivity contribution in [3.8, 4) is 0 Å². The van der Waals surface area contributed by atoms with E-state index in [4.69, 9.17) is 4.74 Å². The molecule has 0 bridgehead atoms. The van der Waals surface area contributed by atoms with Gasteiger partial charge in [0.05, 0.1) is 5.92 Å². The van der Waals surface area contributed by atoms with Gasteiger partial charge in [-0.3, -0.25) is 14.6 Å². The fourth-order valence-corrected chi connectivity index (χ4v) is 4.10. The molecule has 0 radical (unpaired) electrons. The Labute approximate surface area is 157 Å². The molecule has 4 rings (SSSR count). The highest BCUT2D eigenvalue weighted by Crippen LogP contribution is 2.45. The van der Waals surface area contributed by atoms with Gasteiger partial charge >= 0.3 is 0 Å². The molecule has 2 aromatic rings. The molecule has 2 fully saturated rings. The van der Waals surface area contributed by atoms with Crippen LogP contribution in [0.25, 0.3) is 0 Å². The molecule has 1 N–H and O–H groups in total. The van der Waals surface area contributed by atoms with Crippen molar-refractivity contribution in [3.63, 3.8) is 0 Å². The minimum absolute atomic E-state index is 0.0589. The van der Waals surface area contributed by atoms with Crippen molar-refractivity contribution in [1.82, 2.24) is 14.9 Å². The first-order valence-electron chi connectivity index (χ1n) is 9.17. The van der Waals surface area contributed by atoms with Crippen molar-refractivity contribution in [3.05, 3.63) is 54.5 Å². The number of aromatic nitrogens is 2. The third kappa shape index (κ3) is 3.55. The summed E-state index contributed by atoms with van der Waals surface area (Å²) in [4.78, 5) is 35.9. The number of pyridine rings is 2. The predicted molar refractivity (Wildman–Crippen MR) is 99.0 cm³/mol. The van der Waals surface area contributed by atoms with E-state index in [1.807, 2.05) is 6.07 Å². The van der Waals surface area contributed by atoms with Gasteiger partial charge in [-0.05, 0) is 37.1 Å². The topological polar surface area (TPSA) is 84.4 Å². The number of nitrogens with one attached hydrogen (secondary N) is 1. The van der Waals surface area contributed by atoms with E-state index in [1.165, 1.54) is 0 Å². The molecule has 1 unspecified atom stereocenters. The van der Waals surface area contributed by atoms with Gasteiger partial charge in [0.2, 0.25) is 5.91 Å². The molecule has 2 aliphatic rings. The van der Waals surface area contributed by atoms with Gasteiger partial charge in [-0.15, -0.1) is 0 Å². The van der Waals surface area contributed by atoms with Gasteiger partial charge in [0.25, 0.3) is 5.91 Å². The lowest BCUT2D eigenvalue weighted by Crippen LogP contribution is -2.42. The van der Waals surface area contributed by atoms with E-state index in [-0.39, 0.29) is 23.1 Å². The summed E-state index contributed by atoms with van der Waals surface area (Å²) in [7, 11) is 0. The largest absolute Gasteiger partial charge is 0.381 e. The van der Waals surface area contributed by atoms with E-state index < -0.39 is 0 Å². The van der Waals surface area contributed by atoms with Crippen molar-refractivity contribution < 1.29 is 14.3 Å². The number of anilines is 1. The normalized spacial score (nSPS) is 21.2. The minimum atomic E-state index is -0.283. The minimum Gasteiger partial charge on any atom is -0.381 e. The van der Waals surface area contributed by atoms with Crippen molar-refractivity contribution >= 4 is 17.6 Å². The second kappa shape index (κ2) is 7.44.